The second kappa shape index (κ2) is 11.5. The van der Waals surface area contributed by atoms with E-state index in [2.05, 4.69) is 69.4 Å². The summed E-state index contributed by atoms with van der Waals surface area (Å²) < 4.78 is 1.12. The molecule has 7 heteroatoms. The quantitative estimate of drug-likeness (QED) is 0.196. The third kappa shape index (κ3) is 4.60. The molecular weight excluding hydrogens is 665 g/mol. The van der Waals surface area contributed by atoms with E-state index in [1.165, 1.54) is 12.8 Å². The van der Waals surface area contributed by atoms with Crippen LogP contribution in [-0.4, -0.2) is 57.8 Å². The predicted molar refractivity (Wildman–Crippen MR) is 208 cm³/mol. The molecule has 6 fully saturated rings. The summed E-state index contributed by atoms with van der Waals surface area (Å²) in [5.74, 6) is 2.28. The Hall–Kier alpha value is -2.48. The Balaban J connectivity index is 1.10. The number of fused-ring (bicyclic) bond motifs is 4. The van der Waals surface area contributed by atoms with E-state index < -0.39 is 16.4 Å². The smallest absolute Gasteiger partial charge is 0.317 e. The Morgan fingerprint density at radius 2 is 1.69 bits per heavy atom. The maximum Gasteiger partial charge on any atom is 0.317 e. The summed E-state index contributed by atoms with van der Waals surface area (Å²) in [7, 11) is 0. The maximum atomic E-state index is 15.1. The van der Waals surface area contributed by atoms with E-state index in [1.807, 2.05) is 30.9 Å². The second-order valence-electron chi connectivity index (χ2n) is 20.0. The first kappa shape index (κ1) is 35.2. The number of benzene rings is 1. The number of urea groups is 1. The molecule has 0 aliphatic heterocycles. The number of allylic oxidation sites excluding steroid dienone is 4. The molecule has 1 heterocycles. The Kier molecular flexibility index (Phi) is 7.81. The molecule has 6 nitrogen and oxygen atoms in total. The van der Waals surface area contributed by atoms with Crippen LogP contribution in [-0.2, 0) is 0 Å². The molecule has 4 bridgehead atoms. The molecule has 2 spiro atoms. The first-order valence-electron chi connectivity index (χ1n) is 20.5. The topological polar surface area (TPSA) is 89.9 Å². The zero-order chi connectivity index (χ0) is 36.6. The van der Waals surface area contributed by atoms with E-state index in [9.17, 15) is 15.0 Å². The highest BCUT2D eigenvalue weighted by Gasteiger charge is 2.74. The van der Waals surface area contributed by atoms with Crippen molar-refractivity contribution in [3.63, 3.8) is 0 Å². The number of hydrogen-bond acceptors (Lipinski definition) is 5. The summed E-state index contributed by atoms with van der Waals surface area (Å²) in [5, 5.41) is 28.6. The molecule has 1 aromatic carbocycles. The molecule has 11 unspecified atom stereocenters. The summed E-state index contributed by atoms with van der Waals surface area (Å²) in [4.78, 5) is 32.0. The van der Waals surface area contributed by atoms with E-state index in [0.717, 1.165) is 65.0 Å². The van der Waals surface area contributed by atoms with Gasteiger partial charge in [0.1, 0.15) is 0 Å². The van der Waals surface area contributed by atoms with Gasteiger partial charge in [-0.2, -0.15) is 0 Å². The Morgan fingerprint density at radius 3 is 2.42 bits per heavy atom. The molecule has 2 aromatic rings. The normalized spacial score (nSPS) is 43.7. The molecule has 280 valence electrons. The molecule has 9 aliphatic carbocycles. The zero-order valence-electron chi connectivity index (χ0n) is 32.2. The van der Waals surface area contributed by atoms with E-state index in [-0.39, 0.29) is 46.6 Å². The monoisotopic (exact) mass is 724 g/mol. The lowest BCUT2D eigenvalue weighted by Crippen LogP contribution is -2.67. The number of thiophene rings is 1. The molecule has 2 amide bonds. The molecule has 6 saturated carbocycles. The number of nitrogens with one attached hydrogen (secondary N) is 1. The average Bonchev–Trinajstić information content (AvgIpc) is 3.65. The van der Waals surface area contributed by atoms with Crippen molar-refractivity contribution in [3.8, 4) is 0 Å². The number of ketones is 1. The van der Waals surface area contributed by atoms with Crippen LogP contribution in [0.4, 0.5) is 4.79 Å². The minimum Gasteiger partial charge on any atom is -0.393 e. The Morgan fingerprint density at radius 1 is 0.962 bits per heavy atom. The fourth-order valence-electron chi connectivity index (χ4n) is 14.2. The van der Waals surface area contributed by atoms with Crippen LogP contribution in [0.2, 0.25) is 0 Å². The minimum atomic E-state index is -1.08. The van der Waals surface area contributed by atoms with Crippen LogP contribution in [0.15, 0.2) is 54.1 Å². The lowest BCUT2D eigenvalue weighted by Gasteiger charge is -2.71. The molecule has 0 radical (unpaired) electrons. The summed E-state index contributed by atoms with van der Waals surface area (Å²) in [6, 6.07) is 10.3. The second-order valence-corrected chi connectivity index (χ2v) is 21.1. The van der Waals surface area contributed by atoms with Crippen molar-refractivity contribution in [1.82, 2.24) is 10.2 Å². The third-order valence-electron chi connectivity index (χ3n) is 17.2. The fraction of sp³-hybridized carbons (Fsp3) is 0.689. The van der Waals surface area contributed by atoms with Crippen LogP contribution in [0.1, 0.15) is 115 Å². The van der Waals surface area contributed by atoms with Gasteiger partial charge in [0, 0.05) is 39.1 Å². The summed E-state index contributed by atoms with van der Waals surface area (Å²) in [6.45, 7) is 14.6. The molecule has 11 atom stereocenters. The lowest BCUT2D eigenvalue weighted by molar-refractivity contribution is -0.176. The highest BCUT2D eigenvalue weighted by molar-refractivity contribution is 7.21. The van der Waals surface area contributed by atoms with E-state index in [4.69, 9.17) is 0 Å². The summed E-state index contributed by atoms with van der Waals surface area (Å²) in [6.07, 6.45) is 16.0. The number of nitrogens with zero attached hydrogens (tertiary/aromatic N) is 1. The largest absolute Gasteiger partial charge is 0.393 e. The van der Waals surface area contributed by atoms with Crippen LogP contribution in [0.5, 0.6) is 0 Å². The first-order chi connectivity index (χ1) is 24.6. The number of Topliss-reactive ketones (excluding diaryl/α,β-unsaturated/α-hetero) is 1. The lowest BCUT2D eigenvalue weighted by atomic mass is 9.32. The molecule has 0 saturated heterocycles. The number of amides is 2. The van der Waals surface area contributed by atoms with Gasteiger partial charge in [0.05, 0.1) is 23.1 Å². The number of hydrogen-bond donors (Lipinski definition) is 3. The van der Waals surface area contributed by atoms with Gasteiger partial charge in [-0.05, 0) is 136 Å². The molecule has 1 aromatic heterocycles. The summed E-state index contributed by atoms with van der Waals surface area (Å²) in [5.41, 5.74) is -1.29. The third-order valence-corrected chi connectivity index (χ3v) is 18.3. The highest BCUT2D eigenvalue weighted by Crippen LogP contribution is 2.78. The van der Waals surface area contributed by atoms with Crippen molar-refractivity contribution in [2.45, 2.75) is 123 Å². The van der Waals surface area contributed by atoms with Crippen molar-refractivity contribution in [1.29, 1.82) is 0 Å². The first-order valence-corrected chi connectivity index (χ1v) is 21.3. The molecule has 3 N–H and O–H groups in total. The standard InChI is InChI=1S/C45H60N2O4S/c1-27(2)46-39(50)47(25-29-11-12-30-22-32(29)40(30,3)4)26-44(51)18-15-37-42(44,6)17-14-36-41(5)16-13-31(48)23-43(41)19-20-45(36,37)33(24-43)38(49)35-21-28-9-7-8-10-34(28)52-35/h7-10,19-21,24,27,29-32,36-37,48,51H,11-18,22-23,25-26H2,1-6H3,(H,46,50). The van der Waals surface area contributed by atoms with E-state index in [1.54, 1.807) is 11.3 Å². The van der Waals surface area contributed by atoms with Crippen molar-refractivity contribution in [3.05, 3.63) is 59.0 Å². The number of rotatable bonds is 7. The predicted octanol–water partition coefficient (Wildman–Crippen LogP) is 9.17. The SMILES string of the molecule is CC(C)NC(=O)N(CC1CCC2CC1C2(C)C)CC1(O)CCC2C34C=CC5(C=C3C(=O)c3cc6ccccc6s3)CC(O)CCC5(C)C4CCC21C. The van der Waals surface area contributed by atoms with E-state index in [0.29, 0.717) is 43.2 Å². The van der Waals surface area contributed by atoms with Crippen molar-refractivity contribution in [2.75, 3.05) is 13.1 Å². The van der Waals surface area contributed by atoms with Gasteiger partial charge in [-0.25, -0.2) is 4.79 Å². The van der Waals surface area contributed by atoms with Crippen LogP contribution >= 0.6 is 11.3 Å². The van der Waals surface area contributed by atoms with Gasteiger partial charge >= 0.3 is 6.03 Å². The van der Waals surface area contributed by atoms with Crippen molar-refractivity contribution >= 4 is 33.2 Å². The van der Waals surface area contributed by atoms with Gasteiger partial charge in [-0.1, -0.05) is 64.1 Å². The van der Waals surface area contributed by atoms with Gasteiger partial charge in [-0.3, -0.25) is 4.79 Å². The van der Waals surface area contributed by atoms with Gasteiger partial charge < -0.3 is 20.4 Å². The van der Waals surface area contributed by atoms with Crippen LogP contribution in [0, 0.1) is 56.7 Å². The van der Waals surface area contributed by atoms with Gasteiger partial charge in [0.2, 0.25) is 0 Å². The Bertz CT molecular complexity index is 1840. The number of carbonyl (C=O) groups excluding carboxylic acids is 2. The minimum absolute atomic E-state index is 0.0130. The zero-order valence-corrected chi connectivity index (χ0v) is 33.0. The summed E-state index contributed by atoms with van der Waals surface area (Å²) >= 11 is 1.58. The Labute approximate surface area is 314 Å². The van der Waals surface area contributed by atoms with Gasteiger partial charge in [-0.15, -0.1) is 11.3 Å². The van der Waals surface area contributed by atoms with Crippen molar-refractivity contribution < 1.29 is 19.8 Å². The highest BCUT2D eigenvalue weighted by atomic mass is 32.1. The maximum absolute atomic E-state index is 15.1. The number of carbonyl (C=O) groups is 2. The molecule has 52 heavy (non-hydrogen) atoms. The van der Waals surface area contributed by atoms with Crippen molar-refractivity contribution in [2.24, 2.45) is 56.7 Å². The molecule has 9 aliphatic rings. The van der Waals surface area contributed by atoms with Crippen LogP contribution in [0.3, 0.4) is 0 Å². The van der Waals surface area contributed by atoms with E-state index >= 15 is 4.79 Å². The van der Waals surface area contributed by atoms with Gasteiger partial charge in [0.15, 0.2) is 5.78 Å². The fourth-order valence-corrected chi connectivity index (χ4v) is 15.2. The average molecular weight is 725 g/mol. The molecule has 11 rings (SSSR count). The van der Waals surface area contributed by atoms with Crippen LogP contribution < -0.4 is 5.32 Å². The number of aliphatic hydroxyl groups is 2. The van der Waals surface area contributed by atoms with Crippen LogP contribution in [0.25, 0.3) is 10.1 Å². The van der Waals surface area contributed by atoms with Gasteiger partial charge in [0.25, 0.3) is 0 Å². The number of aliphatic hydroxyl groups excluding tert-OH is 1. The molecular formula is C45H60N2O4S.